The molecule has 19 heavy (non-hydrogen) atoms. The number of ether oxygens (including phenoxy) is 1. The minimum atomic E-state index is -0.494. The van der Waals surface area contributed by atoms with Gasteiger partial charge in [-0.25, -0.2) is 4.39 Å². The van der Waals surface area contributed by atoms with E-state index in [1.165, 1.54) is 12.1 Å². The SMILES string of the molecule is Cc1ccc(C(=O)NCCOCCN(C)C)c(F)c1. The fourth-order valence-corrected chi connectivity index (χ4v) is 1.49. The number of carbonyl (C=O) groups excluding carboxylic acids is 1. The summed E-state index contributed by atoms with van der Waals surface area (Å²) in [5.41, 5.74) is 0.861. The normalized spacial score (nSPS) is 10.8. The second-order valence-electron chi connectivity index (χ2n) is 4.65. The predicted octanol–water partition coefficient (Wildman–Crippen LogP) is 1.44. The molecule has 0 spiro atoms. The third-order valence-electron chi connectivity index (χ3n) is 2.58. The molecule has 1 rings (SSSR count). The third-order valence-corrected chi connectivity index (χ3v) is 2.58. The first-order valence-electron chi connectivity index (χ1n) is 6.27. The summed E-state index contributed by atoms with van der Waals surface area (Å²) in [5, 5.41) is 2.63. The van der Waals surface area contributed by atoms with Crippen LogP contribution in [0.5, 0.6) is 0 Å². The van der Waals surface area contributed by atoms with Gasteiger partial charge in [-0.1, -0.05) is 6.07 Å². The van der Waals surface area contributed by atoms with Gasteiger partial charge in [0.05, 0.1) is 18.8 Å². The van der Waals surface area contributed by atoms with Gasteiger partial charge in [0, 0.05) is 13.1 Å². The molecule has 5 heteroatoms. The van der Waals surface area contributed by atoms with Crippen LogP contribution in [0.1, 0.15) is 15.9 Å². The van der Waals surface area contributed by atoms with Crippen LogP contribution in [0, 0.1) is 12.7 Å². The van der Waals surface area contributed by atoms with Crippen molar-refractivity contribution in [1.82, 2.24) is 10.2 Å². The maximum absolute atomic E-state index is 13.5. The van der Waals surface area contributed by atoms with Crippen LogP contribution in [0.25, 0.3) is 0 Å². The van der Waals surface area contributed by atoms with E-state index in [1.807, 2.05) is 19.0 Å². The molecule has 0 fully saturated rings. The van der Waals surface area contributed by atoms with E-state index in [0.717, 1.165) is 12.1 Å². The fraction of sp³-hybridized carbons (Fsp3) is 0.500. The second-order valence-corrected chi connectivity index (χ2v) is 4.65. The highest BCUT2D eigenvalue weighted by molar-refractivity contribution is 5.94. The standard InChI is InChI=1S/C14H21FN2O2/c1-11-4-5-12(13(15)10-11)14(18)16-6-8-19-9-7-17(2)3/h4-5,10H,6-9H2,1-3H3,(H,16,18). The molecule has 1 aromatic rings. The number of halogens is 1. The summed E-state index contributed by atoms with van der Waals surface area (Å²) in [5.74, 6) is -0.903. The lowest BCUT2D eigenvalue weighted by atomic mass is 10.1. The number of aryl methyl sites for hydroxylation is 1. The summed E-state index contributed by atoms with van der Waals surface area (Å²) in [4.78, 5) is 13.7. The van der Waals surface area contributed by atoms with Gasteiger partial charge in [0.2, 0.25) is 0 Å². The first kappa shape index (κ1) is 15.6. The second kappa shape index (κ2) is 7.86. The lowest BCUT2D eigenvalue weighted by molar-refractivity contribution is 0.0896. The van der Waals surface area contributed by atoms with E-state index >= 15 is 0 Å². The number of amides is 1. The lowest BCUT2D eigenvalue weighted by Crippen LogP contribution is -2.29. The van der Waals surface area contributed by atoms with Crippen molar-refractivity contribution in [3.05, 3.63) is 35.1 Å². The van der Waals surface area contributed by atoms with Crippen LogP contribution in [0.2, 0.25) is 0 Å². The summed E-state index contributed by atoms with van der Waals surface area (Å²) in [6.07, 6.45) is 0. The molecule has 0 aliphatic heterocycles. The molecular formula is C14H21FN2O2. The van der Waals surface area contributed by atoms with Crippen LogP contribution in [-0.2, 0) is 4.74 Å². The maximum atomic E-state index is 13.5. The Balaban J connectivity index is 2.28. The Bertz CT molecular complexity index is 422. The Kier molecular flexibility index (Phi) is 6.45. The van der Waals surface area contributed by atoms with Gasteiger partial charge in [0.1, 0.15) is 5.82 Å². The van der Waals surface area contributed by atoms with Crippen LogP contribution >= 0.6 is 0 Å². The van der Waals surface area contributed by atoms with Gasteiger partial charge in [-0.3, -0.25) is 4.79 Å². The summed E-state index contributed by atoms with van der Waals surface area (Å²) >= 11 is 0. The van der Waals surface area contributed by atoms with E-state index in [1.54, 1.807) is 13.0 Å². The largest absolute Gasteiger partial charge is 0.378 e. The molecule has 0 saturated carbocycles. The molecule has 0 atom stereocenters. The van der Waals surface area contributed by atoms with Gasteiger partial charge < -0.3 is 15.0 Å². The molecule has 0 saturated heterocycles. The summed E-state index contributed by atoms with van der Waals surface area (Å²) in [7, 11) is 3.93. The molecule has 0 bridgehead atoms. The highest BCUT2D eigenvalue weighted by Crippen LogP contribution is 2.09. The van der Waals surface area contributed by atoms with Gasteiger partial charge in [0.15, 0.2) is 0 Å². The van der Waals surface area contributed by atoms with Crippen LogP contribution in [-0.4, -0.2) is 51.2 Å². The molecular weight excluding hydrogens is 247 g/mol. The minimum Gasteiger partial charge on any atom is -0.378 e. The molecule has 4 nitrogen and oxygen atoms in total. The average Bonchev–Trinajstić information content (AvgIpc) is 2.32. The van der Waals surface area contributed by atoms with Crippen molar-refractivity contribution < 1.29 is 13.9 Å². The molecule has 0 aliphatic carbocycles. The molecule has 0 aromatic heterocycles. The number of likely N-dealkylation sites (N-methyl/N-ethyl adjacent to an activating group) is 1. The number of benzene rings is 1. The Morgan fingerprint density at radius 1 is 1.37 bits per heavy atom. The monoisotopic (exact) mass is 268 g/mol. The van der Waals surface area contributed by atoms with Crippen molar-refractivity contribution in [2.75, 3.05) is 40.4 Å². The van der Waals surface area contributed by atoms with E-state index in [9.17, 15) is 9.18 Å². The first-order chi connectivity index (χ1) is 9.00. The van der Waals surface area contributed by atoms with Gasteiger partial charge >= 0.3 is 0 Å². The van der Waals surface area contributed by atoms with E-state index < -0.39 is 11.7 Å². The maximum Gasteiger partial charge on any atom is 0.254 e. The topological polar surface area (TPSA) is 41.6 Å². The molecule has 1 aromatic carbocycles. The number of hydrogen-bond acceptors (Lipinski definition) is 3. The van der Waals surface area contributed by atoms with Gasteiger partial charge in [0.25, 0.3) is 5.91 Å². The van der Waals surface area contributed by atoms with Crippen molar-refractivity contribution in [2.45, 2.75) is 6.92 Å². The number of nitrogens with zero attached hydrogens (tertiary/aromatic N) is 1. The molecule has 0 aliphatic rings. The Morgan fingerprint density at radius 3 is 2.74 bits per heavy atom. The van der Waals surface area contributed by atoms with Crippen molar-refractivity contribution >= 4 is 5.91 Å². The van der Waals surface area contributed by atoms with Crippen LogP contribution in [0.3, 0.4) is 0 Å². The van der Waals surface area contributed by atoms with Gasteiger partial charge in [-0.15, -0.1) is 0 Å². The van der Waals surface area contributed by atoms with E-state index in [4.69, 9.17) is 4.74 Å². The molecule has 0 radical (unpaired) electrons. The Hall–Kier alpha value is -1.46. The Labute approximate surface area is 113 Å². The van der Waals surface area contributed by atoms with Crippen molar-refractivity contribution in [1.29, 1.82) is 0 Å². The molecule has 106 valence electrons. The zero-order chi connectivity index (χ0) is 14.3. The third kappa shape index (κ3) is 5.81. The van der Waals surface area contributed by atoms with E-state index in [-0.39, 0.29) is 5.56 Å². The zero-order valence-corrected chi connectivity index (χ0v) is 11.7. The van der Waals surface area contributed by atoms with Crippen LogP contribution in [0.4, 0.5) is 4.39 Å². The smallest absolute Gasteiger partial charge is 0.254 e. The molecule has 0 unspecified atom stereocenters. The molecule has 1 amide bonds. The zero-order valence-electron chi connectivity index (χ0n) is 11.7. The Morgan fingerprint density at radius 2 is 2.11 bits per heavy atom. The highest BCUT2D eigenvalue weighted by atomic mass is 19.1. The summed E-state index contributed by atoms with van der Waals surface area (Å²) in [6.45, 7) is 4.03. The summed E-state index contributed by atoms with van der Waals surface area (Å²) in [6, 6.07) is 4.56. The molecule has 1 N–H and O–H groups in total. The van der Waals surface area contributed by atoms with Gasteiger partial charge in [-0.05, 0) is 38.7 Å². The van der Waals surface area contributed by atoms with E-state index in [0.29, 0.717) is 19.8 Å². The van der Waals surface area contributed by atoms with Gasteiger partial charge in [-0.2, -0.15) is 0 Å². The van der Waals surface area contributed by atoms with E-state index in [2.05, 4.69) is 5.32 Å². The predicted molar refractivity (Wildman–Crippen MR) is 72.8 cm³/mol. The summed E-state index contributed by atoms with van der Waals surface area (Å²) < 4.78 is 18.9. The highest BCUT2D eigenvalue weighted by Gasteiger charge is 2.10. The van der Waals surface area contributed by atoms with Crippen LogP contribution in [0.15, 0.2) is 18.2 Å². The first-order valence-corrected chi connectivity index (χ1v) is 6.27. The minimum absolute atomic E-state index is 0.0684. The number of carbonyl (C=O) groups is 1. The lowest BCUT2D eigenvalue weighted by Gasteiger charge is -2.10. The number of rotatable bonds is 7. The van der Waals surface area contributed by atoms with Crippen molar-refractivity contribution in [3.63, 3.8) is 0 Å². The van der Waals surface area contributed by atoms with Crippen LogP contribution < -0.4 is 5.32 Å². The average molecular weight is 268 g/mol. The molecule has 0 heterocycles. The number of nitrogens with one attached hydrogen (secondary N) is 1. The fourth-order valence-electron chi connectivity index (χ4n) is 1.49. The number of hydrogen-bond donors (Lipinski definition) is 1. The quantitative estimate of drug-likeness (QED) is 0.761. The van der Waals surface area contributed by atoms with Crippen molar-refractivity contribution in [2.24, 2.45) is 0 Å². The van der Waals surface area contributed by atoms with Crippen molar-refractivity contribution in [3.8, 4) is 0 Å².